The molecule has 1 aromatic carbocycles. The number of rotatable bonds is 3. The maximum absolute atomic E-state index is 5.10. The van der Waals surface area contributed by atoms with Crippen molar-refractivity contribution in [3.05, 3.63) is 24.3 Å². The molecule has 0 aromatic heterocycles. The van der Waals surface area contributed by atoms with Crippen LogP contribution < -0.4 is 4.74 Å². The van der Waals surface area contributed by atoms with Crippen molar-refractivity contribution in [1.82, 2.24) is 0 Å². The highest BCUT2D eigenvalue weighted by molar-refractivity contribution is 8.77. The van der Waals surface area contributed by atoms with Gasteiger partial charge in [-0.15, -0.1) is 0 Å². The van der Waals surface area contributed by atoms with Gasteiger partial charge < -0.3 is 4.74 Å². The molecule has 3 heteroatoms. The smallest absolute Gasteiger partial charge is 0.118 e. The molecule has 0 N–H and O–H groups in total. The van der Waals surface area contributed by atoms with Crippen molar-refractivity contribution >= 4 is 21.6 Å². The number of hydrogen-bond donors (Lipinski definition) is 0. The second-order valence-corrected chi connectivity index (χ2v) is 6.98. The van der Waals surface area contributed by atoms with Gasteiger partial charge in [0.2, 0.25) is 0 Å². The SMILES string of the molecule is COc1ccc(SSC(C)(C)C)cc1. The Labute approximate surface area is 94.0 Å². The number of hydrogen-bond acceptors (Lipinski definition) is 3. The van der Waals surface area contributed by atoms with Gasteiger partial charge in [0.15, 0.2) is 0 Å². The fraction of sp³-hybridized carbons (Fsp3) is 0.455. The van der Waals surface area contributed by atoms with Crippen molar-refractivity contribution in [2.75, 3.05) is 7.11 Å². The third-order valence-corrected chi connectivity index (χ3v) is 4.82. The Morgan fingerprint density at radius 1 is 1.07 bits per heavy atom. The van der Waals surface area contributed by atoms with E-state index in [1.165, 1.54) is 4.90 Å². The molecule has 14 heavy (non-hydrogen) atoms. The van der Waals surface area contributed by atoms with E-state index in [4.69, 9.17) is 4.74 Å². The summed E-state index contributed by atoms with van der Waals surface area (Å²) in [5.41, 5.74) is 0. The van der Waals surface area contributed by atoms with Crippen LogP contribution in [0.25, 0.3) is 0 Å². The largest absolute Gasteiger partial charge is 0.497 e. The highest BCUT2D eigenvalue weighted by atomic mass is 33.1. The highest BCUT2D eigenvalue weighted by Gasteiger charge is 2.11. The maximum Gasteiger partial charge on any atom is 0.118 e. The van der Waals surface area contributed by atoms with Gasteiger partial charge in [-0.25, -0.2) is 0 Å². The third-order valence-electron chi connectivity index (χ3n) is 1.45. The Balaban J connectivity index is 2.52. The lowest BCUT2D eigenvalue weighted by atomic mass is 10.3. The zero-order chi connectivity index (χ0) is 10.6. The third kappa shape index (κ3) is 4.29. The molecule has 78 valence electrons. The first-order chi connectivity index (χ1) is 6.51. The second-order valence-electron chi connectivity index (χ2n) is 3.95. The molecule has 0 radical (unpaired) electrons. The van der Waals surface area contributed by atoms with Crippen LogP contribution in [-0.2, 0) is 0 Å². The van der Waals surface area contributed by atoms with Crippen molar-refractivity contribution < 1.29 is 4.74 Å². The van der Waals surface area contributed by atoms with Crippen LogP contribution in [0.4, 0.5) is 0 Å². The summed E-state index contributed by atoms with van der Waals surface area (Å²) in [5, 5.41) is 0. The van der Waals surface area contributed by atoms with Crippen LogP contribution in [0.5, 0.6) is 5.75 Å². The average molecular weight is 228 g/mol. The van der Waals surface area contributed by atoms with Gasteiger partial charge in [-0.1, -0.05) is 42.4 Å². The first-order valence-electron chi connectivity index (χ1n) is 4.51. The lowest BCUT2D eigenvalue weighted by Gasteiger charge is -2.16. The van der Waals surface area contributed by atoms with E-state index >= 15 is 0 Å². The van der Waals surface area contributed by atoms with Crippen LogP contribution in [0.3, 0.4) is 0 Å². The van der Waals surface area contributed by atoms with Gasteiger partial charge in [0.05, 0.1) is 7.11 Å². The summed E-state index contributed by atoms with van der Waals surface area (Å²) in [6.45, 7) is 6.65. The van der Waals surface area contributed by atoms with Crippen LogP contribution in [0.15, 0.2) is 29.2 Å². The summed E-state index contributed by atoms with van der Waals surface area (Å²) in [4.78, 5) is 1.27. The van der Waals surface area contributed by atoms with Gasteiger partial charge >= 0.3 is 0 Å². The van der Waals surface area contributed by atoms with Crippen LogP contribution in [0.1, 0.15) is 20.8 Å². The molecule has 0 amide bonds. The molecule has 0 fully saturated rings. The van der Waals surface area contributed by atoms with Crippen molar-refractivity contribution in [2.24, 2.45) is 0 Å². The summed E-state index contributed by atoms with van der Waals surface area (Å²) < 4.78 is 5.39. The van der Waals surface area contributed by atoms with E-state index in [9.17, 15) is 0 Å². The highest BCUT2D eigenvalue weighted by Crippen LogP contribution is 2.40. The van der Waals surface area contributed by atoms with Gasteiger partial charge in [0.1, 0.15) is 5.75 Å². The Bertz CT molecular complexity index is 274. The zero-order valence-electron chi connectivity index (χ0n) is 9.03. The predicted molar refractivity (Wildman–Crippen MR) is 66.2 cm³/mol. The predicted octanol–water partition coefficient (Wildman–Crippen LogP) is 4.23. The molecule has 1 aromatic rings. The Morgan fingerprint density at radius 3 is 2.07 bits per heavy atom. The van der Waals surface area contributed by atoms with Crippen molar-refractivity contribution in [1.29, 1.82) is 0 Å². The number of methoxy groups -OCH3 is 1. The fourth-order valence-corrected chi connectivity index (χ4v) is 2.77. The lowest BCUT2D eigenvalue weighted by Crippen LogP contribution is -2.04. The van der Waals surface area contributed by atoms with E-state index in [2.05, 4.69) is 32.9 Å². The quantitative estimate of drug-likeness (QED) is 0.716. The topological polar surface area (TPSA) is 9.23 Å². The molecule has 0 saturated heterocycles. The molecule has 1 rings (SSSR count). The van der Waals surface area contributed by atoms with Crippen molar-refractivity contribution in [3.63, 3.8) is 0 Å². The maximum atomic E-state index is 5.10. The summed E-state index contributed by atoms with van der Waals surface area (Å²) >= 11 is 0. The average Bonchev–Trinajstić information content (AvgIpc) is 2.14. The standard InChI is InChI=1S/C11H16OS2/c1-11(2,3)14-13-10-7-5-9(12-4)6-8-10/h5-8H,1-4H3. The molecule has 0 spiro atoms. The van der Waals surface area contributed by atoms with Crippen molar-refractivity contribution in [3.8, 4) is 5.75 Å². The molecular formula is C11H16OS2. The molecule has 0 aliphatic rings. The van der Waals surface area contributed by atoms with Crippen LogP contribution >= 0.6 is 21.6 Å². The lowest BCUT2D eigenvalue weighted by molar-refractivity contribution is 0.414. The van der Waals surface area contributed by atoms with E-state index in [0.29, 0.717) is 4.75 Å². The van der Waals surface area contributed by atoms with Gasteiger partial charge in [-0.3, -0.25) is 0 Å². The van der Waals surface area contributed by atoms with Gasteiger partial charge in [0.25, 0.3) is 0 Å². The summed E-state index contributed by atoms with van der Waals surface area (Å²) in [5.74, 6) is 0.912. The van der Waals surface area contributed by atoms with Gasteiger partial charge in [-0.2, -0.15) is 0 Å². The summed E-state index contributed by atoms with van der Waals surface area (Å²) in [6.07, 6.45) is 0. The molecular weight excluding hydrogens is 212 g/mol. The molecule has 0 heterocycles. The van der Waals surface area contributed by atoms with E-state index in [1.807, 2.05) is 33.7 Å². The van der Waals surface area contributed by atoms with Crippen LogP contribution in [0.2, 0.25) is 0 Å². The minimum atomic E-state index is 0.296. The molecule has 0 aliphatic heterocycles. The van der Waals surface area contributed by atoms with E-state index in [0.717, 1.165) is 5.75 Å². The first kappa shape index (κ1) is 11.8. The first-order valence-corrected chi connectivity index (χ1v) is 6.66. The second kappa shape index (κ2) is 4.99. The minimum absolute atomic E-state index is 0.296. The Hall–Kier alpha value is -0.280. The summed E-state index contributed by atoms with van der Waals surface area (Å²) in [7, 11) is 5.37. The van der Waals surface area contributed by atoms with E-state index in [1.54, 1.807) is 7.11 Å². The van der Waals surface area contributed by atoms with Gasteiger partial charge in [0, 0.05) is 9.64 Å². The fourth-order valence-electron chi connectivity index (χ4n) is 0.804. The van der Waals surface area contributed by atoms with Gasteiger partial charge in [-0.05, 0) is 24.3 Å². The van der Waals surface area contributed by atoms with Crippen LogP contribution in [0, 0.1) is 0 Å². The summed E-state index contributed by atoms with van der Waals surface area (Å²) in [6, 6.07) is 8.15. The molecule has 0 aliphatic carbocycles. The molecule has 0 unspecified atom stereocenters. The van der Waals surface area contributed by atoms with Crippen LogP contribution in [-0.4, -0.2) is 11.9 Å². The molecule has 0 bridgehead atoms. The van der Waals surface area contributed by atoms with Crippen molar-refractivity contribution in [2.45, 2.75) is 30.4 Å². The molecule has 1 nitrogen and oxygen atoms in total. The number of ether oxygens (including phenoxy) is 1. The monoisotopic (exact) mass is 228 g/mol. The van der Waals surface area contributed by atoms with E-state index in [-0.39, 0.29) is 0 Å². The Morgan fingerprint density at radius 2 is 1.64 bits per heavy atom. The molecule has 0 atom stereocenters. The Kier molecular flexibility index (Phi) is 4.20. The molecule has 0 saturated carbocycles. The zero-order valence-corrected chi connectivity index (χ0v) is 10.7. The van der Waals surface area contributed by atoms with E-state index < -0.39 is 0 Å². The number of benzene rings is 1. The normalized spacial score (nSPS) is 11.4. The minimum Gasteiger partial charge on any atom is -0.497 e.